The highest BCUT2D eigenvalue weighted by Crippen LogP contribution is 2.29. The zero-order valence-electron chi connectivity index (χ0n) is 13.3. The maximum absolute atomic E-state index is 12.7. The molecule has 0 atom stereocenters. The molecule has 0 unspecified atom stereocenters. The molecule has 0 radical (unpaired) electrons. The average molecular weight is 355 g/mol. The van der Waals surface area contributed by atoms with Gasteiger partial charge in [0.05, 0.1) is 5.56 Å². The molecule has 1 N–H and O–H groups in total. The van der Waals surface area contributed by atoms with Gasteiger partial charge in [0.15, 0.2) is 0 Å². The van der Waals surface area contributed by atoms with Crippen molar-refractivity contribution >= 4 is 5.91 Å². The number of amides is 1. The Morgan fingerprint density at radius 1 is 1.24 bits per heavy atom. The third-order valence-electron chi connectivity index (χ3n) is 3.56. The topological polar surface area (TPSA) is 75.2 Å². The minimum Gasteiger partial charge on any atom is -0.341 e. The number of hydrogen-bond donors (Lipinski definition) is 1. The Morgan fingerprint density at radius 2 is 1.96 bits per heavy atom. The first-order valence-corrected chi connectivity index (χ1v) is 7.36. The zero-order chi connectivity index (χ0) is 18.6. The Hall–Kier alpha value is -2.84. The fourth-order valence-corrected chi connectivity index (χ4v) is 2.24. The number of hydrogen-bond acceptors (Lipinski definition) is 3. The van der Waals surface area contributed by atoms with Crippen molar-refractivity contribution in [3.05, 3.63) is 68.5 Å². The van der Waals surface area contributed by atoms with E-state index in [9.17, 15) is 27.6 Å². The molecule has 1 heterocycles. The molecule has 25 heavy (non-hydrogen) atoms. The van der Waals surface area contributed by atoms with Crippen LogP contribution >= 0.6 is 0 Å². The molecule has 0 saturated heterocycles. The van der Waals surface area contributed by atoms with Crippen molar-refractivity contribution in [2.75, 3.05) is 7.05 Å². The number of rotatable bonds is 5. The molecule has 1 aromatic carbocycles. The summed E-state index contributed by atoms with van der Waals surface area (Å²) in [5.41, 5.74) is -1.58. The highest BCUT2D eigenvalue weighted by molar-refractivity contribution is 5.75. The predicted octanol–water partition coefficient (Wildman–Crippen LogP) is 1.60. The van der Waals surface area contributed by atoms with E-state index >= 15 is 0 Å². The summed E-state index contributed by atoms with van der Waals surface area (Å²) in [6.07, 6.45) is -3.19. The second-order valence-electron chi connectivity index (χ2n) is 5.50. The highest BCUT2D eigenvalue weighted by atomic mass is 19.4. The summed E-state index contributed by atoms with van der Waals surface area (Å²) in [6, 6.07) is 5.92. The standard InChI is InChI=1S/C16H16F3N3O3/c1-21(10-11-3-2-4-12(9-11)16(17,18)19)14(24)6-8-22-7-5-13(23)20-15(22)25/h2-5,7,9H,6,8,10H2,1H3,(H,20,23,25). The van der Waals surface area contributed by atoms with Crippen molar-refractivity contribution in [1.29, 1.82) is 0 Å². The SMILES string of the molecule is CN(Cc1cccc(C(F)(F)F)c1)C(=O)CCn1ccc(=O)[nH]c1=O. The second kappa shape index (κ2) is 7.37. The Labute approximate surface area is 140 Å². The van der Waals surface area contributed by atoms with Crippen molar-refractivity contribution in [3.63, 3.8) is 0 Å². The van der Waals surface area contributed by atoms with E-state index in [1.807, 2.05) is 0 Å². The van der Waals surface area contributed by atoms with Crippen LogP contribution in [0.15, 0.2) is 46.1 Å². The minimum absolute atomic E-state index is 0.0171. The summed E-state index contributed by atoms with van der Waals surface area (Å²) >= 11 is 0. The lowest BCUT2D eigenvalue weighted by Crippen LogP contribution is -2.32. The average Bonchev–Trinajstić information content (AvgIpc) is 2.53. The van der Waals surface area contributed by atoms with Crippen molar-refractivity contribution in [2.45, 2.75) is 25.7 Å². The van der Waals surface area contributed by atoms with Gasteiger partial charge in [-0.15, -0.1) is 0 Å². The summed E-state index contributed by atoms with van der Waals surface area (Å²) in [5, 5.41) is 0. The molecule has 1 amide bonds. The largest absolute Gasteiger partial charge is 0.416 e. The van der Waals surface area contributed by atoms with Crippen molar-refractivity contribution in [2.24, 2.45) is 0 Å². The lowest BCUT2D eigenvalue weighted by molar-refractivity contribution is -0.137. The van der Waals surface area contributed by atoms with Crippen LogP contribution in [0.5, 0.6) is 0 Å². The molecule has 1 aromatic heterocycles. The van der Waals surface area contributed by atoms with Gasteiger partial charge in [0.1, 0.15) is 0 Å². The smallest absolute Gasteiger partial charge is 0.341 e. The number of aromatic nitrogens is 2. The van der Waals surface area contributed by atoms with Gasteiger partial charge in [-0.05, 0) is 17.7 Å². The quantitative estimate of drug-likeness (QED) is 0.885. The number of carbonyl (C=O) groups is 1. The molecule has 0 spiro atoms. The lowest BCUT2D eigenvalue weighted by Gasteiger charge is -2.18. The summed E-state index contributed by atoms with van der Waals surface area (Å²) < 4.78 is 39.3. The molecule has 0 aliphatic carbocycles. The molecule has 2 aromatic rings. The van der Waals surface area contributed by atoms with Crippen LogP contribution in [-0.4, -0.2) is 27.4 Å². The Morgan fingerprint density at radius 3 is 2.60 bits per heavy atom. The number of H-pyrrole nitrogens is 1. The Balaban J connectivity index is 1.98. The van der Waals surface area contributed by atoms with E-state index in [1.54, 1.807) is 0 Å². The Kier molecular flexibility index (Phi) is 5.45. The number of carbonyl (C=O) groups excluding carboxylic acids is 1. The number of alkyl halides is 3. The van der Waals surface area contributed by atoms with Crippen LogP contribution in [0.3, 0.4) is 0 Å². The summed E-state index contributed by atoms with van der Waals surface area (Å²) in [4.78, 5) is 37.9. The van der Waals surface area contributed by atoms with Crippen LogP contribution in [-0.2, 0) is 24.1 Å². The summed E-state index contributed by atoms with van der Waals surface area (Å²) in [7, 11) is 1.47. The first kappa shape index (κ1) is 18.5. The van der Waals surface area contributed by atoms with E-state index in [0.717, 1.165) is 18.2 Å². The molecule has 6 nitrogen and oxygen atoms in total. The van der Waals surface area contributed by atoms with Gasteiger partial charge in [-0.2, -0.15) is 13.2 Å². The van der Waals surface area contributed by atoms with Crippen LogP contribution in [0.4, 0.5) is 13.2 Å². The van der Waals surface area contributed by atoms with E-state index in [2.05, 4.69) is 4.98 Å². The van der Waals surface area contributed by atoms with E-state index in [0.29, 0.717) is 5.56 Å². The number of nitrogens with zero attached hydrogens (tertiary/aromatic N) is 2. The second-order valence-corrected chi connectivity index (χ2v) is 5.50. The molecular formula is C16H16F3N3O3. The normalized spacial score (nSPS) is 11.4. The van der Waals surface area contributed by atoms with Gasteiger partial charge in [0.25, 0.3) is 5.56 Å². The van der Waals surface area contributed by atoms with Crippen LogP contribution in [0.2, 0.25) is 0 Å². The number of nitrogens with one attached hydrogen (secondary N) is 1. The molecule has 0 aliphatic heterocycles. The molecule has 0 fully saturated rings. The number of aromatic amines is 1. The van der Waals surface area contributed by atoms with Gasteiger partial charge in [-0.25, -0.2) is 4.79 Å². The molecule has 0 saturated carbocycles. The highest BCUT2D eigenvalue weighted by Gasteiger charge is 2.30. The molecule has 134 valence electrons. The number of benzene rings is 1. The van der Waals surface area contributed by atoms with E-state index in [4.69, 9.17) is 0 Å². The minimum atomic E-state index is -4.44. The first-order chi connectivity index (χ1) is 11.7. The lowest BCUT2D eigenvalue weighted by atomic mass is 10.1. The van der Waals surface area contributed by atoms with Crippen LogP contribution in [0.1, 0.15) is 17.5 Å². The maximum Gasteiger partial charge on any atom is 0.416 e. The van der Waals surface area contributed by atoms with Gasteiger partial charge in [-0.3, -0.25) is 14.6 Å². The fourth-order valence-electron chi connectivity index (χ4n) is 2.24. The molecule has 2 rings (SSSR count). The maximum atomic E-state index is 12.7. The predicted molar refractivity (Wildman–Crippen MR) is 83.9 cm³/mol. The molecule has 0 bridgehead atoms. The van der Waals surface area contributed by atoms with E-state index < -0.39 is 23.0 Å². The third-order valence-corrected chi connectivity index (χ3v) is 3.56. The van der Waals surface area contributed by atoms with Crippen LogP contribution in [0, 0.1) is 0 Å². The monoisotopic (exact) mass is 355 g/mol. The Bertz CT molecular complexity index is 871. The first-order valence-electron chi connectivity index (χ1n) is 7.36. The van der Waals surface area contributed by atoms with Gasteiger partial charge in [0.2, 0.25) is 5.91 Å². The van der Waals surface area contributed by atoms with Crippen LogP contribution in [0.25, 0.3) is 0 Å². The van der Waals surface area contributed by atoms with Crippen molar-refractivity contribution in [3.8, 4) is 0 Å². The zero-order valence-corrected chi connectivity index (χ0v) is 13.3. The van der Waals surface area contributed by atoms with Gasteiger partial charge in [-0.1, -0.05) is 12.1 Å². The summed E-state index contributed by atoms with van der Waals surface area (Å²) in [6.45, 7) is 0.0741. The van der Waals surface area contributed by atoms with Crippen molar-refractivity contribution in [1.82, 2.24) is 14.5 Å². The number of aryl methyl sites for hydroxylation is 1. The van der Waals surface area contributed by atoms with Gasteiger partial charge >= 0.3 is 11.9 Å². The molecular weight excluding hydrogens is 339 g/mol. The fraction of sp³-hybridized carbons (Fsp3) is 0.312. The van der Waals surface area contributed by atoms with E-state index in [1.165, 1.54) is 34.8 Å². The third kappa shape index (κ3) is 5.07. The van der Waals surface area contributed by atoms with Gasteiger partial charge in [0, 0.05) is 38.8 Å². The number of halogens is 3. The van der Waals surface area contributed by atoms with E-state index in [-0.39, 0.29) is 25.4 Å². The molecule has 9 heteroatoms. The van der Waals surface area contributed by atoms with Crippen molar-refractivity contribution < 1.29 is 18.0 Å². The molecule has 0 aliphatic rings. The van der Waals surface area contributed by atoms with Gasteiger partial charge < -0.3 is 9.47 Å². The summed E-state index contributed by atoms with van der Waals surface area (Å²) in [5.74, 6) is -0.337. The van der Waals surface area contributed by atoms with Crippen LogP contribution < -0.4 is 11.2 Å².